The summed E-state index contributed by atoms with van der Waals surface area (Å²) in [5, 5.41) is 10.7. The summed E-state index contributed by atoms with van der Waals surface area (Å²) >= 11 is 1.53. The Balaban J connectivity index is 1.85. The van der Waals surface area contributed by atoms with Gasteiger partial charge in [-0.1, -0.05) is 11.8 Å². The average Bonchev–Trinajstić information content (AvgIpc) is 3.08. The van der Waals surface area contributed by atoms with Crippen LogP contribution in [0.25, 0.3) is 0 Å². The van der Waals surface area contributed by atoms with Crippen LogP contribution in [-0.4, -0.2) is 42.3 Å². The van der Waals surface area contributed by atoms with Gasteiger partial charge in [0.05, 0.1) is 17.4 Å². The third kappa shape index (κ3) is 4.34. The van der Waals surface area contributed by atoms with E-state index in [0.29, 0.717) is 13.0 Å². The van der Waals surface area contributed by atoms with E-state index in [2.05, 4.69) is 11.8 Å². The maximum Gasteiger partial charge on any atom is 0.225 e. The highest BCUT2D eigenvalue weighted by Crippen LogP contribution is 2.18. The van der Waals surface area contributed by atoms with Crippen LogP contribution in [0.2, 0.25) is 0 Å². The fraction of sp³-hybridized carbons (Fsp3) is 0.533. The van der Waals surface area contributed by atoms with Gasteiger partial charge in [0.15, 0.2) is 0 Å². The molecule has 1 aromatic heterocycles. The lowest BCUT2D eigenvalue weighted by atomic mass is 10.1. The molecular formula is C15H19NO3S. The molecule has 1 aliphatic heterocycles. The molecule has 108 valence electrons. The summed E-state index contributed by atoms with van der Waals surface area (Å²) in [7, 11) is 1.81. The second kappa shape index (κ2) is 7.44. The number of carbonyl (C=O) groups is 1. The van der Waals surface area contributed by atoms with E-state index in [1.807, 2.05) is 18.5 Å². The minimum atomic E-state index is -0.132. The first-order chi connectivity index (χ1) is 9.69. The van der Waals surface area contributed by atoms with Gasteiger partial charge in [-0.3, -0.25) is 4.79 Å². The maximum atomic E-state index is 12.1. The number of ether oxygens (including phenoxy) is 1. The molecule has 1 saturated heterocycles. The first-order valence-corrected chi connectivity index (χ1v) is 7.59. The molecule has 20 heavy (non-hydrogen) atoms. The number of aliphatic hydroxyl groups excluding tert-OH is 1. The Labute approximate surface area is 123 Å². The number of hydrogen-bond donors (Lipinski definition) is 1. The molecule has 1 aliphatic rings. The van der Waals surface area contributed by atoms with Crippen molar-refractivity contribution in [1.82, 2.24) is 4.90 Å². The Morgan fingerprint density at radius 1 is 1.65 bits per heavy atom. The molecule has 4 nitrogen and oxygen atoms in total. The van der Waals surface area contributed by atoms with Gasteiger partial charge in [0.2, 0.25) is 5.91 Å². The number of aliphatic hydroxyl groups is 1. The molecule has 0 saturated carbocycles. The lowest BCUT2D eigenvalue weighted by molar-refractivity contribution is -0.132. The minimum absolute atomic E-state index is 0.0957. The van der Waals surface area contributed by atoms with Crippen LogP contribution < -0.4 is 0 Å². The standard InChI is InChI=1S/C15H19NO3S/c1-16(15(18)9-13-4-3-7-19-13)10-12-8-14(20-11-12)5-2-6-17/h8,11,13,17H,3-4,6-7,9-10H2,1H3. The summed E-state index contributed by atoms with van der Waals surface area (Å²) in [4.78, 5) is 14.7. The van der Waals surface area contributed by atoms with Crippen LogP contribution in [-0.2, 0) is 16.1 Å². The summed E-state index contributed by atoms with van der Waals surface area (Å²) < 4.78 is 5.48. The second-order valence-electron chi connectivity index (χ2n) is 4.87. The summed E-state index contributed by atoms with van der Waals surface area (Å²) in [5.74, 6) is 5.61. The first kappa shape index (κ1) is 15.0. The normalized spacial score (nSPS) is 17.6. The lowest BCUT2D eigenvalue weighted by Gasteiger charge is -2.18. The van der Waals surface area contributed by atoms with Crippen LogP contribution in [0.5, 0.6) is 0 Å². The molecule has 1 fully saturated rings. The van der Waals surface area contributed by atoms with Crippen LogP contribution in [0, 0.1) is 11.8 Å². The van der Waals surface area contributed by atoms with Crippen LogP contribution >= 0.6 is 11.3 Å². The van der Waals surface area contributed by atoms with Gasteiger partial charge in [-0.05, 0) is 29.9 Å². The Hall–Kier alpha value is -1.35. The quantitative estimate of drug-likeness (QED) is 0.858. The van der Waals surface area contributed by atoms with Crippen molar-refractivity contribution in [2.45, 2.75) is 31.9 Å². The number of nitrogens with zero attached hydrogens (tertiary/aromatic N) is 1. The van der Waals surface area contributed by atoms with Gasteiger partial charge in [-0.25, -0.2) is 0 Å². The van der Waals surface area contributed by atoms with Crippen molar-refractivity contribution < 1.29 is 14.6 Å². The van der Waals surface area contributed by atoms with Gasteiger partial charge < -0.3 is 14.7 Å². The van der Waals surface area contributed by atoms with Crippen molar-refractivity contribution >= 4 is 17.2 Å². The van der Waals surface area contributed by atoms with Crippen molar-refractivity contribution in [3.63, 3.8) is 0 Å². The number of hydrogen-bond acceptors (Lipinski definition) is 4. The molecule has 0 spiro atoms. The van der Waals surface area contributed by atoms with Gasteiger partial charge >= 0.3 is 0 Å². The average molecular weight is 293 g/mol. The topological polar surface area (TPSA) is 49.8 Å². The molecule has 1 atom stereocenters. The highest BCUT2D eigenvalue weighted by atomic mass is 32.1. The van der Waals surface area contributed by atoms with Crippen molar-refractivity contribution in [3.8, 4) is 11.8 Å². The highest BCUT2D eigenvalue weighted by Gasteiger charge is 2.21. The van der Waals surface area contributed by atoms with E-state index in [0.717, 1.165) is 29.9 Å². The molecular weight excluding hydrogens is 274 g/mol. The summed E-state index contributed by atoms with van der Waals surface area (Å²) in [6.07, 6.45) is 2.61. The molecule has 1 unspecified atom stereocenters. The Morgan fingerprint density at radius 2 is 2.50 bits per heavy atom. The Morgan fingerprint density at radius 3 is 3.20 bits per heavy atom. The van der Waals surface area contributed by atoms with E-state index in [1.165, 1.54) is 11.3 Å². The molecule has 5 heteroatoms. The largest absolute Gasteiger partial charge is 0.384 e. The van der Waals surface area contributed by atoms with Gasteiger partial charge in [-0.15, -0.1) is 11.3 Å². The summed E-state index contributed by atoms with van der Waals surface area (Å²) in [6, 6.07) is 1.96. The van der Waals surface area contributed by atoms with E-state index >= 15 is 0 Å². The van der Waals surface area contributed by atoms with E-state index in [9.17, 15) is 4.79 Å². The fourth-order valence-electron chi connectivity index (χ4n) is 2.17. The van der Waals surface area contributed by atoms with Gasteiger partial charge in [-0.2, -0.15) is 0 Å². The smallest absolute Gasteiger partial charge is 0.225 e. The van der Waals surface area contributed by atoms with Gasteiger partial charge in [0, 0.05) is 20.2 Å². The predicted octanol–water partition coefficient (Wildman–Crippen LogP) is 1.62. The predicted molar refractivity (Wildman–Crippen MR) is 78.3 cm³/mol. The second-order valence-corrected chi connectivity index (χ2v) is 5.78. The van der Waals surface area contributed by atoms with Gasteiger partial charge in [0.25, 0.3) is 0 Å². The van der Waals surface area contributed by atoms with E-state index in [-0.39, 0.29) is 18.6 Å². The van der Waals surface area contributed by atoms with Crippen LogP contribution in [0.4, 0.5) is 0 Å². The van der Waals surface area contributed by atoms with Crippen molar-refractivity contribution in [1.29, 1.82) is 0 Å². The third-order valence-corrected chi connectivity index (χ3v) is 4.11. The number of thiophene rings is 1. The molecule has 1 N–H and O–H groups in total. The molecule has 1 aromatic rings. The van der Waals surface area contributed by atoms with Crippen molar-refractivity contribution in [2.75, 3.05) is 20.3 Å². The number of carbonyl (C=O) groups excluding carboxylic acids is 1. The number of rotatable bonds is 4. The van der Waals surface area contributed by atoms with E-state index in [4.69, 9.17) is 9.84 Å². The molecule has 2 rings (SSSR count). The molecule has 2 heterocycles. The zero-order valence-electron chi connectivity index (χ0n) is 11.6. The van der Waals surface area contributed by atoms with E-state index < -0.39 is 0 Å². The van der Waals surface area contributed by atoms with Gasteiger partial charge in [0.1, 0.15) is 6.61 Å². The maximum absolute atomic E-state index is 12.1. The Kier molecular flexibility index (Phi) is 5.60. The lowest BCUT2D eigenvalue weighted by Crippen LogP contribution is -2.29. The van der Waals surface area contributed by atoms with Crippen LogP contribution in [0.3, 0.4) is 0 Å². The van der Waals surface area contributed by atoms with Crippen LogP contribution in [0.1, 0.15) is 29.7 Å². The van der Waals surface area contributed by atoms with Crippen molar-refractivity contribution in [2.24, 2.45) is 0 Å². The fourth-order valence-corrected chi connectivity index (χ4v) is 2.94. The summed E-state index contributed by atoms with van der Waals surface area (Å²) in [6.45, 7) is 1.23. The molecule has 0 aromatic carbocycles. The molecule has 0 radical (unpaired) electrons. The zero-order chi connectivity index (χ0) is 14.4. The third-order valence-electron chi connectivity index (χ3n) is 3.22. The highest BCUT2D eigenvalue weighted by molar-refractivity contribution is 7.10. The molecule has 0 aliphatic carbocycles. The van der Waals surface area contributed by atoms with Crippen LogP contribution in [0.15, 0.2) is 11.4 Å². The number of amides is 1. The molecule has 0 bridgehead atoms. The summed E-state index contributed by atoms with van der Waals surface area (Å²) in [5.41, 5.74) is 1.07. The zero-order valence-corrected chi connectivity index (χ0v) is 12.4. The first-order valence-electron chi connectivity index (χ1n) is 6.71. The Bertz CT molecular complexity index is 509. The monoisotopic (exact) mass is 293 g/mol. The van der Waals surface area contributed by atoms with Crippen molar-refractivity contribution in [3.05, 3.63) is 21.9 Å². The molecule has 1 amide bonds. The SMILES string of the molecule is CN(Cc1csc(C#CCO)c1)C(=O)CC1CCCO1. The van der Waals surface area contributed by atoms with E-state index in [1.54, 1.807) is 4.90 Å². The minimum Gasteiger partial charge on any atom is -0.384 e.